The van der Waals surface area contributed by atoms with Crippen LogP contribution < -0.4 is 5.32 Å². The van der Waals surface area contributed by atoms with E-state index in [9.17, 15) is 0 Å². The fourth-order valence-electron chi connectivity index (χ4n) is 1.68. The summed E-state index contributed by atoms with van der Waals surface area (Å²) < 4.78 is 1.17. The van der Waals surface area contributed by atoms with Crippen molar-refractivity contribution in [2.45, 2.75) is 19.3 Å². The molecule has 0 atom stereocenters. The van der Waals surface area contributed by atoms with Crippen LogP contribution in [0.15, 0.2) is 34.4 Å². The zero-order chi connectivity index (χ0) is 9.80. The molecule has 0 amide bonds. The van der Waals surface area contributed by atoms with Crippen LogP contribution in [0.5, 0.6) is 0 Å². The van der Waals surface area contributed by atoms with E-state index in [1.54, 1.807) is 0 Å². The molecule has 1 aromatic carbocycles. The van der Waals surface area contributed by atoms with Gasteiger partial charge in [-0.1, -0.05) is 34.1 Å². The molecule has 1 fully saturated rings. The second kappa shape index (κ2) is 4.65. The first-order valence-corrected chi connectivity index (χ1v) is 5.84. The van der Waals surface area contributed by atoms with Gasteiger partial charge in [0.2, 0.25) is 0 Å². The van der Waals surface area contributed by atoms with Crippen LogP contribution in [0.1, 0.15) is 24.8 Å². The van der Waals surface area contributed by atoms with Gasteiger partial charge in [0.25, 0.3) is 0 Å². The predicted octanol–water partition coefficient (Wildman–Crippen LogP) is 3.56. The monoisotopic (exact) mass is 251 g/mol. The quantitative estimate of drug-likeness (QED) is 0.805. The minimum absolute atomic E-state index is 1.12. The van der Waals surface area contributed by atoms with Gasteiger partial charge in [0.1, 0.15) is 0 Å². The molecule has 1 aromatic rings. The summed E-state index contributed by atoms with van der Waals surface area (Å²) in [5.41, 5.74) is 2.63. The molecule has 2 rings (SSSR count). The van der Waals surface area contributed by atoms with Crippen LogP contribution >= 0.6 is 15.9 Å². The van der Waals surface area contributed by atoms with Gasteiger partial charge in [-0.2, -0.15) is 0 Å². The van der Waals surface area contributed by atoms with Crippen molar-refractivity contribution >= 4 is 22.0 Å². The Bertz CT molecular complexity index is 336. The molecule has 0 saturated carbocycles. The van der Waals surface area contributed by atoms with E-state index in [2.05, 4.69) is 45.5 Å². The van der Waals surface area contributed by atoms with Gasteiger partial charge < -0.3 is 5.32 Å². The summed E-state index contributed by atoms with van der Waals surface area (Å²) in [4.78, 5) is 0. The molecule has 0 bridgehead atoms. The topological polar surface area (TPSA) is 12.0 Å². The Kier molecular flexibility index (Phi) is 3.25. The highest BCUT2D eigenvalue weighted by Gasteiger charge is 2.04. The summed E-state index contributed by atoms with van der Waals surface area (Å²) in [6.07, 6.45) is 6.03. The number of halogens is 1. The molecule has 0 unspecified atom stereocenters. The Balaban J connectivity index is 2.19. The summed E-state index contributed by atoms with van der Waals surface area (Å²) in [5, 5.41) is 3.44. The molecule has 1 nitrogen and oxygen atoms in total. The number of hydrogen-bond donors (Lipinski definition) is 1. The third-order valence-corrected chi connectivity index (χ3v) is 3.18. The normalized spacial score (nSPS) is 19.4. The van der Waals surface area contributed by atoms with Gasteiger partial charge >= 0.3 is 0 Å². The fourth-order valence-corrected chi connectivity index (χ4v) is 2.08. The second-order valence-electron chi connectivity index (χ2n) is 3.57. The van der Waals surface area contributed by atoms with Crippen LogP contribution in [-0.2, 0) is 0 Å². The Hall–Kier alpha value is -0.760. The first kappa shape index (κ1) is 9.78. The summed E-state index contributed by atoms with van der Waals surface area (Å²) in [6, 6.07) is 8.32. The molecule has 0 aliphatic carbocycles. The Morgan fingerprint density at radius 2 is 2.07 bits per heavy atom. The lowest BCUT2D eigenvalue weighted by Crippen LogP contribution is -2.19. The molecule has 74 valence electrons. The van der Waals surface area contributed by atoms with E-state index in [-0.39, 0.29) is 0 Å². The predicted molar refractivity (Wildman–Crippen MR) is 64.0 cm³/mol. The van der Waals surface area contributed by atoms with Crippen LogP contribution in [0, 0.1) is 0 Å². The first-order valence-electron chi connectivity index (χ1n) is 5.05. The summed E-state index contributed by atoms with van der Waals surface area (Å²) in [7, 11) is 0. The standard InChI is InChI=1S/C12H14BrN/c13-12-7-2-1-5-10(12)9-11-6-3-4-8-14-11/h1-2,5,7,9,14H,3-4,6,8H2. The summed E-state index contributed by atoms with van der Waals surface area (Å²) >= 11 is 3.55. The van der Waals surface area contributed by atoms with Gasteiger partial charge in [0, 0.05) is 16.7 Å². The molecule has 0 aromatic heterocycles. The van der Waals surface area contributed by atoms with Crippen molar-refractivity contribution in [3.05, 3.63) is 40.0 Å². The number of nitrogens with one attached hydrogen (secondary N) is 1. The van der Waals surface area contributed by atoms with Crippen molar-refractivity contribution in [2.24, 2.45) is 0 Å². The molecule has 1 N–H and O–H groups in total. The molecule has 1 aliphatic heterocycles. The Labute approximate surface area is 93.3 Å². The lowest BCUT2D eigenvalue weighted by Gasteiger charge is -2.16. The van der Waals surface area contributed by atoms with E-state index in [0.717, 1.165) is 6.54 Å². The number of rotatable bonds is 1. The highest BCUT2D eigenvalue weighted by molar-refractivity contribution is 9.10. The van der Waals surface area contributed by atoms with Crippen molar-refractivity contribution in [3.8, 4) is 0 Å². The SMILES string of the molecule is Brc1ccccc1C=C1CCCCN1. The number of piperidine rings is 1. The largest absolute Gasteiger partial charge is 0.388 e. The molecular weight excluding hydrogens is 238 g/mol. The molecule has 0 spiro atoms. The minimum Gasteiger partial charge on any atom is -0.388 e. The number of allylic oxidation sites excluding steroid dienone is 1. The van der Waals surface area contributed by atoms with Crippen LogP contribution in [0.3, 0.4) is 0 Å². The van der Waals surface area contributed by atoms with Crippen molar-refractivity contribution in [1.29, 1.82) is 0 Å². The lowest BCUT2D eigenvalue weighted by atomic mass is 10.1. The van der Waals surface area contributed by atoms with Gasteiger partial charge in [-0.25, -0.2) is 0 Å². The lowest BCUT2D eigenvalue weighted by molar-refractivity contribution is 0.592. The third kappa shape index (κ3) is 2.38. The maximum absolute atomic E-state index is 3.55. The number of hydrogen-bond acceptors (Lipinski definition) is 1. The van der Waals surface area contributed by atoms with Gasteiger partial charge in [0.05, 0.1) is 0 Å². The van der Waals surface area contributed by atoms with E-state index in [4.69, 9.17) is 0 Å². The van der Waals surface area contributed by atoms with Crippen LogP contribution in [0.4, 0.5) is 0 Å². The van der Waals surface area contributed by atoms with E-state index in [0.29, 0.717) is 0 Å². The number of benzene rings is 1. The first-order chi connectivity index (χ1) is 6.86. The maximum Gasteiger partial charge on any atom is 0.0248 e. The molecule has 1 aliphatic rings. The van der Waals surface area contributed by atoms with E-state index >= 15 is 0 Å². The molecule has 0 radical (unpaired) electrons. The average Bonchev–Trinajstić information content (AvgIpc) is 2.23. The second-order valence-corrected chi connectivity index (χ2v) is 4.43. The Morgan fingerprint density at radius 3 is 2.79 bits per heavy atom. The summed E-state index contributed by atoms with van der Waals surface area (Å²) in [6.45, 7) is 1.12. The Morgan fingerprint density at radius 1 is 1.21 bits per heavy atom. The summed E-state index contributed by atoms with van der Waals surface area (Å²) in [5.74, 6) is 0. The van der Waals surface area contributed by atoms with Crippen molar-refractivity contribution in [2.75, 3.05) is 6.54 Å². The smallest absolute Gasteiger partial charge is 0.0248 e. The zero-order valence-electron chi connectivity index (χ0n) is 8.09. The fraction of sp³-hybridized carbons (Fsp3) is 0.333. The van der Waals surface area contributed by atoms with Crippen LogP contribution in [-0.4, -0.2) is 6.54 Å². The van der Waals surface area contributed by atoms with Gasteiger partial charge in [-0.05, 0) is 37.0 Å². The molecule has 14 heavy (non-hydrogen) atoms. The van der Waals surface area contributed by atoms with Gasteiger partial charge in [-0.15, -0.1) is 0 Å². The average molecular weight is 252 g/mol. The van der Waals surface area contributed by atoms with Crippen molar-refractivity contribution < 1.29 is 0 Å². The molecular formula is C12H14BrN. The van der Waals surface area contributed by atoms with Gasteiger partial charge in [-0.3, -0.25) is 0 Å². The molecule has 1 saturated heterocycles. The maximum atomic E-state index is 3.55. The minimum atomic E-state index is 1.12. The van der Waals surface area contributed by atoms with Crippen molar-refractivity contribution in [3.63, 3.8) is 0 Å². The molecule has 2 heteroatoms. The van der Waals surface area contributed by atoms with E-state index in [1.165, 1.54) is 35.0 Å². The third-order valence-electron chi connectivity index (χ3n) is 2.46. The van der Waals surface area contributed by atoms with E-state index < -0.39 is 0 Å². The van der Waals surface area contributed by atoms with Gasteiger partial charge in [0.15, 0.2) is 0 Å². The highest BCUT2D eigenvalue weighted by Crippen LogP contribution is 2.20. The van der Waals surface area contributed by atoms with Crippen LogP contribution in [0.2, 0.25) is 0 Å². The molecule has 1 heterocycles. The zero-order valence-corrected chi connectivity index (χ0v) is 9.68. The van der Waals surface area contributed by atoms with E-state index in [1.807, 2.05) is 6.07 Å². The highest BCUT2D eigenvalue weighted by atomic mass is 79.9. The van der Waals surface area contributed by atoms with Crippen LogP contribution in [0.25, 0.3) is 6.08 Å². The van der Waals surface area contributed by atoms with Crippen molar-refractivity contribution in [1.82, 2.24) is 5.32 Å².